The van der Waals surface area contributed by atoms with Gasteiger partial charge in [-0.15, -0.1) is 0 Å². The molecule has 0 aliphatic heterocycles. The second-order valence-corrected chi connectivity index (χ2v) is 5.25. The van der Waals surface area contributed by atoms with Gasteiger partial charge in [-0.1, -0.05) is 66.7 Å². The molecular weight excluding hydrogens is 252 g/mol. The Kier molecular flexibility index (Phi) is 3.34. The molecule has 3 aromatic rings. The van der Waals surface area contributed by atoms with Crippen molar-refractivity contribution in [2.75, 3.05) is 0 Å². The molecule has 3 rings (SSSR count). The molecule has 0 heterocycles. The summed E-state index contributed by atoms with van der Waals surface area (Å²) in [6.07, 6.45) is 0. The Bertz CT molecular complexity index is 714. The number of hydrogen-bond donors (Lipinski definition) is 0. The average molecular weight is 264 g/mol. The van der Waals surface area contributed by atoms with Gasteiger partial charge >= 0.3 is 0 Å². The highest BCUT2D eigenvalue weighted by atomic mass is 32.2. The monoisotopic (exact) mass is 264 g/mol. The van der Waals surface area contributed by atoms with E-state index >= 15 is 0 Å². The predicted octanol–water partition coefficient (Wildman–Crippen LogP) is 4.77. The van der Waals surface area contributed by atoms with Gasteiger partial charge in [0.2, 0.25) is 5.12 Å². The molecule has 19 heavy (non-hydrogen) atoms. The van der Waals surface area contributed by atoms with Gasteiger partial charge < -0.3 is 0 Å². The summed E-state index contributed by atoms with van der Waals surface area (Å²) in [7, 11) is 0. The van der Waals surface area contributed by atoms with Crippen LogP contribution < -0.4 is 0 Å². The first-order valence-electron chi connectivity index (χ1n) is 6.09. The third kappa shape index (κ3) is 2.54. The fourth-order valence-electron chi connectivity index (χ4n) is 2.02. The fraction of sp³-hybridized carbons (Fsp3) is 0. The molecule has 0 saturated carbocycles. The van der Waals surface area contributed by atoms with E-state index in [1.54, 1.807) is 0 Å². The van der Waals surface area contributed by atoms with E-state index in [4.69, 9.17) is 0 Å². The first-order valence-corrected chi connectivity index (χ1v) is 6.91. The van der Waals surface area contributed by atoms with Crippen LogP contribution in [0.25, 0.3) is 10.8 Å². The summed E-state index contributed by atoms with van der Waals surface area (Å²) in [6, 6.07) is 23.6. The van der Waals surface area contributed by atoms with Gasteiger partial charge in [0.25, 0.3) is 0 Å². The van der Waals surface area contributed by atoms with E-state index < -0.39 is 0 Å². The molecule has 0 atom stereocenters. The minimum Gasteiger partial charge on any atom is -0.281 e. The normalized spacial score (nSPS) is 10.5. The lowest BCUT2D eigenvalue weighted by Gasteiger charge is -2.05. The molecule has 0 unspecified atom stereocenters. The number of carbonyl (C=O) groups excluding carboxylic acids is 1. The van der Waals surface area contributed by atoms with Crippen LogP contribution >= 0.6 is 11.8 Å². The van der Waals surface area contributed by atoms with Crippen molar-refractivity contribution < 1.29 is 4.79 Å². The summed E-state index contributed by atoms with van der Waals surface area (Å²) in [5, 5.41) is 2.37. The molecule has 0 saturated heterocycles. The van der Waals surface area contributed by atoms with Crippen molar-refractivity contribution >= 4 is 27.6 Å². The lowest BCUT2D eigenvalue weighted by molar-refractivity contribution is 0.108. The van der Waals surface area contributed by atoms with Crippen molar-refractivity contribution in [1.82, 2.24) is 0 Å². The van der Waals surface area contributed by atoms with Crippen LogP contribution in [-0.2, 0) is 0 Å². The van der Waals surface area contributed by atoms with Crippen LogP contribution in [0, 0.1) is 0 Å². The summed E-state index contributed by atoms with van der Waals surface area (Å²) in [5.74, 6) is 0. The third-order valence-corrected chi connectivity index (χ3v) is 3.96. The van der Waals surface area contributed by atoms with Crippen molar-refractivity contribution in [2.24, 2.45) is 0 Å². The van der Waals surface area contributed by atoms with Crippen LogP contribution in [0.1, 0.15) is 10.4 Å². The Morgan fingerprint density at radius 3 is 2.26 bits per heavy atom. The summed E-state index contributed by atoms with van der Waals surface area (Å²) < 4.78 is 0. The minimum absolute atomic E-state index is 0.0805. The molecule has 1 nitrogen and oxygen atoms in total. The molecule has 0 fully saturated rings. The van der Waals surface area contributed by atoms with Crippen molar-refractivity contribution in [3.8, 4) is 0 Å². The van der Waals surface area contributed by atoms with E-state index in [1.165, 1.54) is 11.8 Å². The van der Waals surface area contributed by atoms with E-state index in [2.05, 4.69) is 18.2 Å². The van der Waals surface area contributed by atoms with Crippen molar-refractivity contribution in [1.29, 1.82) is 0 Å². The highest BCUT2D eigenvalue weighted by Crippen LogP contribution is 2.30. The minimum atomic E-state index is 0.0805. The first-order chi connectivity index (χ1) is 9.34. The Hall–Kier alpha value is -2.06. The topological polar surface area (TPSA) is 17.1 Å². The molecule has 92 valence electrons. The fourth-order valence-corrected chi connectivity index (χ4v) is 2.91. The summed E-state index contributed by atoms with van der Waals surface area (Å²) >= 11 is 1.29. The second-order valence-electron chi connectivity index (χ2n) is 4.23. The highest BCUT2D eigenvalue weighted by Gasteiger charge is 2.09. The van der Waals surface area contributed by atoms with Gasteiger partial charge in [0.05, 0.1) is 0 Å². The van der Waals surface area contributed by atoms with E-state index in [0.717, 1.165) is 21.2 Å². The Labute approximate surface area is 116 Å². The number of benzene rings is 3. The second kappa shape index (κ2) is 5.29. The Morgan fingerprint density at radius 2 is 1.42 bits per heavy atom. The van der Waals surface area contributed by atoms with Crippen LogP contribution in [0.4, 0.5) is 0 Å². The number of carbonyl (C=O) groups is 1. The maximum Gasteiger partial charge on any atom is 0.224 e. The molecule has 3 aromatic carbocycles. The number of rotatable bonds is 2. The van der Waals surface area contributed by atoms with Gasteiger partial charge in [-0.3, -0.25) is 4.79 Å². The quantitative estimate of drug-likeness (QED) is 0.620. The van der Waals surface area contributed by atoms with Gasteiger partial charge in [0, 0.05) is 10.5 Å². The van der Waals surface area contributed by atoms with Gasteiger partial charge in [-0.05, 0) is 28.6 Å². The average Bonchev–Trinajstić information content (AvgIpc) is 2.48. The smallest absolute Gasteiger partial charge is 0.224 e. The molecule has 0 aromatic heterocycles. The molecule has 0 amide bonds. The Balaban J connectivity index is 1.96. The zero-order chi connectivity index (χ0) is 13.1. The lowest BCUT2D eigenvalue weighted by Crippen LogP contribution is -1.92. The largest absolute Gasteiger partial charge is 0.281 e. The maximum atomic E-state index is 12.2. The zero-order valence-electron chi connectivity index (χ0n) is 10.2. The molecule has 2 heteroatoms. The number of fused-ring (bicyclic) bond motifs is 1. The summed E-state index contributed by atoms with van der Waals surface area (Å²) in [5.41, 5.74) is 0.737. The number of thioether (sulfide) groups is 1. The van der Waals surface area contributed by atoms with Crippen molar-refractivity contribution in [2.45, 2.75) is 4.90 Å². The lowest BCUT2D eigenvalue weighted by atomic mass is 10.1. The van der Waals surface area contributed by atoms with Crippen LogP contribution in [0.5, 0.6) is 0 Å². The molecule has 0 spiro atoms. The van der Waals surface area contributed by atoms with Crippen LogP contribution in [0.2, 0.25) is 0 Å². The highest BCUT2D eigenvalue weighted by molar-refractivity contribution is 8.14. The van der Waals surface area contributed by atoms with Crippen LogP contribution in [0.3, 0.4) is 0 Å². The first kappa shape index (κ1) is 12.0. The van der Waals surface area contributed by atoms with Crippen LogP contribution in [-0.4, -0.2) is 5.12 Å². The van der Waals surface area contributed by atoms with Gasteiger partial charge in [0.1, 0.15) is 0 Å². The summed E-state index contributed by atoms with van der Waals surface area (Å²) in [6.45, 7) is 0. The molecular formula is C17H12OS. The molecule has 0 N–H and O–H groups in total. The van der Waals surface area contributed by atoms with Crippen molar-refractivity contribution in [3.63, 3.8) is 0 Å². The van der Waals surface area contributed by atoms with Crippen LogP contribution in [0.15, 0.2) is 77.7 Å². The van der Waals surface area contributed by atoms with Gasteiger partial charge in [0.15, 0.2) is 0 Å². The van der Waals surface area contributed by atoms with E-state index in [9.17, 15) is 4.79 Å². The Morgan fingerprint density at radius 1 is 0.737 bits per heavy atom. The molecule has 0 aliphatic carbocycles. The zero-order valence-corrected chi connectivity index (χ0v) is 11.1. The number of hydrogen-bond acceptors (Lipinski definition) is 2. The maximum absolute atomic E-state index is 12.2. The van der Waals surface area contributed by atoms with Gasteiger partial charge in [-0.25, -0.2) is 0 Å². The van der Waals surface area contributed by atoms with Gasteiger partial charge in [-0.2, -0.15) is 0 Å². The van der Waals surface area contributed by atoms with Crippen molar-refractivity contribution in [3.05, 3.63) is 78.4 Å². The molecule has 0 bridgehead atoms. The van der Waals surface area contributed by atoms with E-state index in [-0.39, 0.29) is 5.12 Å². The van der Waals surface area contributed by atoms with E-state index in [0.29, 0.717) is 0 Å². The standard InChI is InChI=1S/C17H12OS/c18-17(14-8-2-1-3-9-14)19-16-12-6-10-13-7-4-5-11-15(13)16/h1-12H. The third-order valence-electron chi connectivity index (χ3n) is 2.96. The molecule has 0 radical (unpaired) electrons. The SMILES string of the molecule is O=C(Sc1cccc2ccccc12)c1ccccc1. The summed E-state index contributed by atoms with van der Waals surface area (Å²) in [4.78, 5) is 13.2. The van der Waals surface area contributed by atoms with E-state index in [1.807, 2.05) is 54.6 Å². The molecule has 0 aliphatic rings. The predicted molar refractivity (Wildman–Crippen MR) is 80.6 cm³/mol.